The van der Waals surface area contributed by atoms with E-state index < -0.39 is 0 Å². The zero-order valence-electron chi connectivity index (χ0n) is 5.04. The number of benzene rings is 1. The van der Waals surface area contributed by atoms with Crippen LogP contribution in [0.1, 0.15) is 5.56 Å². The third-order valence-corrected chi connectivity index (χ3v) is 1.03. The number of aliphatic hydroxyl groups excluding tert-OH is 1. The molecule has 0 radical (unpaired) electrons. The molecule has 0 saturated heterocycles. The molecule has 1 nitrogen and oxygen atoms in total. The molecule has 0 aliphatic heterocycles. The molecule has 0 aliphatic rings. The van der Waals surface area contributed by atoms with Gasteiger partial charge in [-0.05, 0) is 5.56 Å². The molecule has 0 heterocycles. The summed E-state index contributed by atoms with van der Waals surface area (Å²) in [6.45, 7) is 0.140. The van der Waals surface area contributed by atoms with Crippen molar-refractivity contribution in [3.05, 3.63) is 35.9 Å². The van der Waals surface area contributed by atoms with Crippen LogP contribution in [0, 0.1) is 0 Å². The molecule has 0 saturated carbocycles. The van der Waals surface area contributed by atoms with Gasteiger partial charge in [0.2, 0.25) is 0 Å². The first-order chi connectivity index (χ1) is 3.93. The Morgan fingerprint density at radius 1 is 1.11 bits per heavy atom. The fourth-order valence-corrected chi connectivity index (χ4v) is 0.583. The second-order valence-corrected chi connectivity index (χ2v) is 1.64. The second-order valence-electron chi connectivity index (χ2n) is 1.64. The third kappa shape index (κ3) is 2.66. The molecule has 0 unspecified atom stereocenters. The van der Waals surface area contributed by atoms with Gasteiger partial charge in [-0.3, -0.25) is 0 Å². The van der Waals surface area contributed by atoms with Crippen molar-refractivity contribution in [3.8, 4) is 0 Å². The summed E-state index contributed by atoms with van der Waals surface area (Å²) < 4.78 is 0. The quantitative estimate of drug-likeness (QED) is 0.628. The summed E-state index contributed by atoms with van der Waals surface area (Å²) in [6, 6.07) is 9.52. The van der Waals surface area contributed by atoms with Crippen molar-refractivity contribution in [1.29, 1.82) is 0 Å². The van der Waals surface area contributed by atoms with Crippen molar-refractivity contribution < 1.29 is 5.11 Å². The van der Waals surface area contributed by atoms with Crippen molar-refractivity contribution in [2.24, 2.45) is 0 Å². The molecule has 0 bridgehead atoms. The van der Waals surface area contributed by atoms with Crippen molar-refractivity contribution >= 4 is 17.1 Å². The molecule has 1 rings (SSSR count). The summed E-state index contributed by atoms with van der Waals surface area (Å²) >= 11 is 0. The minimum absolute atomic E-state index is 0. The molecular weight excluding hydrogens is 179 g/mol. The van der Waals surface area contributed by atoms with Crippen LogP contribution in [0.3, 0.4) is 0 Å². The average Bonchev–Trinajstić information content (AvgIpc) is 1.90. The first-order valence-corrected chi connectivity index (χ1v) is 2.58. The number of rotatable bonds is 1. The summed E-state index contributed by atoms with van der Waals surface area (Å²) in [6.07, 6.45) is 0. The van der Waals surface area contributed by atoms with Gasteiger partial charge in [-0.2, -0.15) is 0 Å². The maximum absolute atomic E-state index is 8.54. The first kappa shape index (κ1) is 8.70. The van der Waals surface area contributed by atoms with Crippen molar-refractivity contribution in [3.63, 3.8) is 0 Å². The van der Waals surface area contributed by atoms with Crippen LogP contribution in [0.5, 0.6) is 0 Å². The predicted octanol–water partition coefficient (Wildman–Crippen LogP) is 0.263. The van der Waals surface area contributed by atoms with Crippen LogP contribution in [0.25, 0.3) is 0 Å². The Kier molecular flexibility index (Phi) is 4.41. The molecule has 9 heavy (non-hydrogen) atoms. The van der Waals surface area contributed by atoms with Crippen LogP contribution in [-0.4, -0.2) is 22.2 Å². The molecule has 1 aromatic rings. The van der Waals surface area contributed by atoms with Crippen molar-refractivity contribution in [2.75, 3.05) is 0 Å². The standard InChI is InChI=1S/C7H8O.H2Se/c8-6-7-4-2-1-3-5-7;/h1-5,8H,6H2;1H2. The summed E-state index contributed by atoms with van der Waals surface area (Å²) in [4.78, 5) is 0. The van der Waals surface area contributed by atoms with E-state index in [0.717, 1.165) is 5.56 Å². The molecule has 0 amide bonds. The van der Waals surface area contributed by atoms with Gasteiger partial charge >= 0.3 is 17.1 Å². The second kappa shape index (κ2) is 4.57. The fourth-order valence-electron chi connectivity index (χ4n) is 0.583. The van der Waals surface area contributed by atoms with Crippen molar-refractivity contribution in [2.45, 2.75) is 6.61 Å². The Bertz CT molecular complexity index is 150. The molecule has 0 aromatic heterocycles. The number of hydrogen-bond donors (Lipinski definition) is 1. The van der Waals surface area contributed by atoms with Gasteiger partial charge in [-0.25, -0.2) is 0 Å². The molecule has 0 spiro atoms. The van der Waals surface area contributed by atoms with Gasteiger partial charge in [-0.1, -0.05) is 30.3 Å². The third-order valence-electron chi connectivity index (χ3n) is 1.03. The summed E-state index contributed by atoms with van der Waals surface area (Å²) in [5.74, 6) is 0. The van der Waals surface area contributed by atoms with Crippen molar-refractivity contribution in [1.82, 2.24) is 0 Å². The number of hydrogen-bond acceptors (Lipinski definition) is 1. The van der Waals surface area contributed by atoms with Gasteiger partial charge in [0, 0.05) is 0 Å². The van der Waals surface area contributed by atoms with E-state index in [2.05, 4.69) is 0 Å². The normalized spacial score (nSPS) is 8.11. The maximum atomic E-state index is 8.54. The molecule has 0 aliphatic carbocycles. The molecule has 2 heteroatoms. The summed E-state index contributed by atoms with van der Waals surface area (Å²) in [5, 5.41) is 8.54. The van der Waals surface area contributed by atoms with E-state index in [1.165, 1.54) is 0 Å². The molecule has 0 atom stereocenters. The van der Waals surface area contributed by atoms with E-state index in [1.54, 1.807) is 0 Å². The first-order valence-electron chi connectivity index (χ1n) is 2.58. The Balaban J connectivity index is 0.000000640. The van der Waals surface area contributed by atoms with Gasteiger partial charge in [0.15, 0.2) is 0 Å². The Hall–Kier alpha value is -0.301. The minimum atomic E-state index is 0. The Morgan fingerprint density at radius 2 is 1.67 bits per heavy atom. The topological polar surface area (TPSA) is 20.2 Å². The zero-order valence-corrected chi connectivity index (χ0v) is 7.14. The van der Waals surface area contributed by atoms with E-state index in [4.69, 9.17) is 5.11 Å². The fraction of sp³-hybridized carbons (Fsp3) is 0.143. The van der Waals surface area contributed by atoms with Crippen LogP contribution >= 0.6 is 0 Å². The number of aliphatic hydroxyl groups is 1. The van der Waals surface area contributed by atoms with Gasteiger partial charge in [0.1, 0.15) is 0 Å². The summed E-state index contributed by atoms with van der Waals surface area (Å²) in [7, 11) is 0. The Morgan fingerprint density at radius 3 is 2.00 bits per heavy atom. The molecule has 1 aromatic carbocycles. The SMILES string of the molecule is OCc1ccccc1.[SeH2]. The summed E-state index contributed by atoms with van der Waals surface area (Å²) in [5.41, 5.74) is 0.965. The zero-order chi connectivity index (χ0) is 5.82. The van der Waals surface area contributed by atoms with Crippen LogP contribution in [-0.2, 0) is 6.61 Å². The predicted molar refractivity (Wildman–Crippen MR) is 40.9 cm³/mol. The van der Waals surface area contributed by atoms with Gasteiger partial charge in [0.25, 0.3) is 0 Å². The molecule has 1 N–H and O–H groups in total. The molecule has 0 fully saturated rings. The van der Waals surface area contributed by atoms with Gasteiger partial charge in [-0.15, -0.1) is 0 Å². The van der Waals surface area contributed by atoms with Crippen LogP contribution in [0.2, 0.25) is 0 Å². The van der Waals surface area contributed by atoms with Gasteiger partial charge < -0.3 is 5.11 Å². The Labute approximate surface area is 65.2 Å². The van der Waals surface area contributed by atoms with E-state index in [9.17, 15) is 0 Å². The van der Waals surface area contributed by atoms with E-state index >= 15 is 0 Å². The molecule has 50 valence electrons. The van der Waals surface area contributed by atoms with E-state index in [-0.39, 0.29) is 23.7 Å². The van der Waals surface area contributed by atoms with Crippen LogP contribution in [0.15, 0.2) is 30.3 Å². The van der Waals surface area contributed by atoms with Crippen LogP contribution < -0.4 is 0 Å². The van der Waals surface area contributed by atoms with Crippen LogP contribution in [0.4, 0.5) is 0 Å². The molecular formula is C7H10OSe. The van der Waals surface area contributed by atoms with Gasteiger partial charge in [0.05, 0.1) is 6.61 Å². The van der Waals surface area contributed by atoms with E-state index in [1.807, 2.05) is 30.3 Å². The average molecular weight is 189 g/mol. The van der Waals surface area contributed by atoms with E-state index in [0.29, 0.717) is 0 Å². The monoisotopic (exact) mass is 190 g/mol.